The zero-order valence-electron chi connectivity index (χ0n) is 33.8. The quantitative estimate of drug-likeness (QED) is 0.123. The summed E-state index contributed by atoms with van der Waals surface area (Å²) in [6.07, 6.45) is 0.362. The smallest absolute Gasteiger partial charge is 0.661 e. The molecule has 7 aromatic rings. The van der Waals surface area contributed by atoms with E-state index in [9.17, 15) is 0 Å². The molecule has 8 rings (SSSR count). The third-order valence-electron chi connectivity index (χ3n) is 9.39. The van der Waals surface area contributed by atoms with Crippen LogP contribution in [0.25, 0.3) is 38.5 Å². The molecule has 0 radical (unpaired) electrons. The predicted molar refractivity (Wildman–Crippen MR) is 222 cm³/mol. The van der Waals surface area contributed by atoms with Gasteiger partial charge in [0.1, 0.15) is 5.58 Å². The summed E-state index contributed by atoms with van der Waals surface area (Å²) in [4.78, 5) is 6.97. The summed E-state index contributed by atoms with van der Waals surface area (Å²) in [7, 11) is -1.71. The third kappa shape index (κ3) is 8.21. The second-order valence-corrected chi connectivity index (χ2v) is 20.9. The summed E-state index contributed by atoms with van der Waals surface area (Å²) in [5, 5.41) is 8.30. The summed E-state index contributed by atoms with van der Waals surface area (Å²) in [5.41, 5.74) is 9.79. The molecule has 6 heteroatoms. The molecule has 270 valence electrons. The SMILES string of the molecule is [2H]C([2H])(c1cc(-c2[c-]ccc(C(C)(C)C)c2)ncc1[Si](C)(C)C)C(C)C.[Ir+3].[c-]1cc2c(cc1C1[N-]c3ccccc3N1c1ccccc1)oc1ccccc12. The first kappa shape index (κ1) is 35.5. The average Bonchev–Trinajstić information content (AvgIpc) is 3.73. The van der Waals surface area contributed by atoms with Crippen molar-refractivity contribution in [1.29, 1.82) is 0 Å². The Morgan fingerprint density at radius 3 is 2.32 bits per heavy atom. The number of hydrogen-bond donors (Lipinski definition) is 0. The number of anilines is 2. The van der Waals surface area contributed by atoms with E-state index in [4.69, 9.17) is 17.5 Å². The van der Waals surface area contributed by atoms with Gasteiger partial charge in [0.15, 0.2) is 0 Å². The predicted octanol–water partition coefficient (Wildman–Crippen LogP) is 12.8. The van der Waals surface area contributed by atoms with E-state index >= 15 is 0 Å². The minimum absolute atomic E-state index is 0. The molecule has 1 atom stereocenters. The molecule has 0 saturated carbocycles. The van der Waals surface area contributed by atoms with Crippen molar-refractivity contribution in [3.8, 4) is 11.3 Å². The second-order valence-electron chi connectivity index (χ2n) is 15.9. The molecule has 3 heterocycles. The topological polar surface area (TPSA) is 43.4 Å². The minimum atomic E-state index is -1.71. The van der Waals surface area contributed by atoms with Crippen molar-refractivity contribution < 1.29 is 27.3 Å². The normalized spacial score (nSPS) is 14.9. The van der Waals surface area contributed by atoms with Gasteiger partial charge in [-0.2, -0.15) is 17.7 Å². The van der Waals surface area contributed by atoms with E-state index in [1.54, 1.807) is 0 Å². The molecule has 1 aliphatic heterocycles. The molecule has 0 fully saturated rings. The standard InChI is InChI=1S/C25H16N2O.C22H32NSi.Ir/c1-2-8-18(9-3-1)27-22-12-6-5-11-21(22)26-25(27)17-14-15-20-19-10-4-7-13-23(19)28-24(20)16-17;1-16(2)12-18-14-20(23-15-21(18)24(6,7)8)17-10-9-11-19(13-17)22(3,4)5;/h1-13,15-16,25H;9,11,13-16H,12H2,1-8H3;/q-2;-1;+3/i;12D2;. The molecule has 0 amide bonds. The van der Waals surface area contributed by atoms with Gasteiger partial charge in [-0.15, -0.1) is 47.1 Å². The fraction of sp³-hybridized carbons (Fsp3) is 0.255. The Kier molecular flexibility index (Phi) is 10.4. The van der Waals surface area contributed by atoms with Crippen LogP contribution in [0.1, 0.15) is 60.2 Å². The van der Waals surface area contributed by atoms with E-state index in [1.165, 1.54) is 5.56 Å². The van der Waals surface area contributed by atoms with Gasteiger partial charge >= 0.3 is 20.1 Å². The maximum absolute atomic E-state index is 8.69. The molecule has 5 aromatic carbocycles. The molecule has 1 unspecified atom stereocenters. The van der Waals surface area contributed by atoms with E-state index < -0.39 is 14.4 Å². The number of hydrogen-bond acceptors (Lipinski definition) is 3. The van der Waals surface area contributed by atoms with E-state index in [0.29, 0.717) is 0 Å². The molecule has 0 N–H and O–H groups in total. The molecule has 0 aliphatic carbocycles. The zero-order valence-corrected chi connectivity index (χ0v) is 35.2. The van der Waals surface area contributed by atoms with Crippen molar-refractivity contribution in [2.24, 2.45) is 5.92 Å². The van der Waals surface area contributed by atoms with Crippen molar-refractivity contribution in [3.05, 3.63) is 156 Å². The summed E-state index contributed by atoms with van der Waals surface area (Å²) >= 11 is 0. The van der Waals surface area contributed by atoms with Gasteiger partial charge in [-0.1, -0.05) is 126 Å². The summed E-state index contributed by atoms with van der Waals surface area (Å²) < 4.78 is 23.5. The fourth-order valence-corrected chi connectivity index (χ4v) is 8.12. The second kappa shape index (κ2) is 15.5. The summed E-state index contributed by atoms with van der Waals surface area (Å²) in [5.74, 6) is -0.0993. The van der Waals surface area contributed by atoms with Crippen LogP contribution in [0.2, 0.25) is 19.6 Å². The van der Waals surface area contributed by atoms with Crippen LogP contribution in [-0.2, 0) is 31.9 Å². The van der Waals surface area contributed by atoms with E-state index in [2.05, 4.69) is 124 Å². The van der Waals surface area contributed by atoms with Crippen LogP contribution in [-0.4, -0.2) is 13.1 Å². The van der Waals surface area contributed by atoms with Gasteiger partial charge in [-0.05, 0) is 64.4 Å². The van der Waals surface area contributed by atoms with Crippen LogP contribution >= 0.6 is 0 Å². The first-order valence-electron chi connectivity index (χ1n) is 19.1. The molecular formula is C47H48IrN3OSi. The van der Waals surface area contributed by atoms with Crippen molar-refractivity contribution in [1.82, 2.24) is 4.98 Å². The number of benzene rings is 5. The Balaban J connectivity index is 0.000000185. The van der Waals surface area contributed by atoms with E-state index in [-0.39, 0.29) is 37.6 Å². The van der Waals surface area contributed by atoms with Crippen molar-refractivity contribution >= 4 is 52.3 Å². The number of pyridine rings is 1. The Morgan fingerprint density at radius 2 is 1.58 bits per heavy atom. The van der Waals surface area contributed by atoms with Crippen LogP contribution in [0.4, 0.5) is 17.1 Å². The first-order chi connectivity index (χ1) is 25.6. The number of nitrogens with zero attached hydrogens (tertiary/aromatic N) is 3. The van der Waals surface area contributed by atoms with Crippen LogP contribution in [0.15, 0.2) is 126 Å². The van der Waals surface area contributed by atoms with Gasteiger partial charge in [0.05, 0.1) is 8.07 Å². The molecule has 1 aliphatic rings. The Labute approximate surface area is 332 Å². The van der Waals surface area contributed by atoms with Crippen LogP contribution in [0.5, 0.6) is 0 Å². The maximum Gasteiger partial charge on any atom is 3.00 e. The number of rotatable bonds is 6. The number of furan rings is 1. The Bertz CT molecular complexity index is 2430. The molecule has 53 heavy (non-hydrogen) atoms. The minimum Gasteiger partial charge on any atom is -0.661 e. The van der Waals surface area contributed by atoms with Crippen molar-refractivity contribution in [3.63, 3.8) is 0 Å². The molecule has 0 saturated heterocycles. The Hall–Kier alpha value is -4.48. The molecule has 2 aromatic heterocycles. The maximum atomic E-state index is 8.69. The summed E-state index contributed by atoms with van der Waals surface area (Å²) in [6.45, 7) is 17.2. The number of fused-ring (bicyclic) bond motifs is 4. The van der Waals surface area contributed by atoms with Crippen molar-refractivity contribution in [2.75, 3.05) is 4.90 Å². The molecule has 0 spiro atoms. The largest absolute Gasteiger partial charge is 3.00 e. The van der Waals surface area contributed by atoms with E-state index in [1.807, 2.05) is 68.6 Å². The molecular weight excluding hydrogens is 843 g/mol. The molecule has 0 bridgehead atoms. The van der Waals surface area contributed by atoms with Crippen LogP contribution in [0, 0.1) is 18.1 Å². The van der Waals surface area contributed by atoms with E-state index in [0.717, 1.165) is 66.6 Å². The van der Waals surface area contributed by atoms with Gasteiger partial charge < -0.3 is 19.6 Å². The number of para-hydroxylation sites is 4. The van der Waals surface area contributed by atoms with Crippen LogP contribution < -0.4 is 10.1 Å². The van der Waals surface area contributed by atoms with Crippen LogP contribution in [0.3, 0.4) is 0 Å². The van der Waals surface area contributed by atoms with Gasteiger partial charge in [-0.25, -0.2) is 0 Å². The van der Waals surface area contributed by atoms with Crippen molar-refractivity contribution in [2.45, 2.75) is 72.2 Å². The number of aromatic nitrogens is 1. The third-order valence-corrected chi connectivity index (χ3v) is 11.4. The summed E-state index contributed by atoms with van der Waals surface area (Å²) in [6, 6.07) is 45.7. The first-order valence-corrected chi connectivity index (χ1v) is 21.6. The Morgan fingerprint density at radius 1 is 0.868 bits per heavy atom. The van der Waals surface area contributed by atoms with Gasteiger partial charge in [0, 0.05) is 25.9 Å². The van der Waals surface area contributed by atoms with Gasteiger partial charge in [-0.3, -0.25) is 0 Å². The van der Waals surface area contributed by atoms with Gasteiger partial charge in [0.25, 0.3) is 0 Å². The zero-order chi connectivity index (χ0) is 38.4. The fourth-order valence-electron chi connectivity index (χ4n) is 6.72. The monoisotopic (exact) mass is 893 g/mol. The molecule has 4 nitrogen and oxygen atoms in total. The average molecular weight is 893 g/mol. The van der Waals surface area contributed by atoms with Gasteiger partial charge in [0.2, 0.25) is 0 Å².